The van der Waals surface area contributed by atoms with E-state index >= 15 is 0 Å². The number of hydrogen-bond donors (Lipinski definition) is 2. The van der Waals surface area contributed by atoms with Gasteiger partial charge in [-0.1, -0.05) is 6.07 Å². The molecule has 130 valence electrons. The van der Waals surface area contributed by atoms with Crippen LogP contribution in [0.1, 0.15) is 26.7 Å². The number of hydrogen-bond acceptors (Lipinski definition) is 3. The van der Waals surface area contributed by atoms with Crippen molar-refractivity contribution in [2.75, 3.05) is 33.4 Å². The highest BCUT2D eigenvalue weighted by Crippen LogP contribution is 2.13. The minimum atomic E-state index is -0.299. The molecule has 0 saturated carbocycles. The van der Waals surface area contributed by atoms with Crippen LogP contribution >= 0.6 is 0 Å². The predicted molar refractivity (Wildman–Crippen MR) is 91.6 cm³/mol. The second kappa shape index (κ2) is 11.7. The summed E-state index contributed by atoms with van der Waals surface area (Å²) in [5, 5.41) is 6.44. The Morgan fingerprint density at radius 2 is 2.13 bits per heavy atom. The molecule has 0 radical (unpaired) electrons. The van der Waals surface area contributed by atoms with Gasteiger partial charge in [-0.15, -0.1) is 0 Å². The van der Waals surface area contributed by atoms with E-state index in [1.54, 1.807) is 19.2 Å². The van der Waals surface area contributed by atoms with Gasteiger partial charge < -0.3 is 20.1 Å². The number of benzene rings is 1. The monoisotopic (exact) mass is 325 g/mol. The van der Waals surface area contributed by atoms with Crippen LogP contribution in [0.15, 0.2) is 29.3 Å². The molecule has 0 saturated heterocycles. The molecule has 0 aliphatic carbocycles. The number of halogens is 1. The zero-order valence-corrected chi connectivity index (χ0v) is 14.3. The van der Waals surface area contributed by atoms with Gasteiger partial charge in [0, 0.05) is 32.9 Å². The summed E-state index contributed by atoms with van der Waals surface area (Å²) in [5.74, 6) is 0.960. The van der Waals surface area contributed by atoms with Gasteiger partial charge in [-0.3, -0.25) is 4.99 Å². The maximum Gasteiger partial charge on any atom is 0.191 e. The van der Waals surface area contributed by atoms with Crippen molar-refractivity contribution < 1.29 is 13.9 Å². The van der Waals surface area contributed by atoms with Gasteiger partial charge in [-0.25, -0.2) is 4.39 Å². The lowest BCUT2D eigenvalue weighted by Crippen LogP contribution is -2.42. The van der Waals surface area contributed by atoms with Crippen LogP contribution in [0.3, 0.4) is 0 Å². The molecule has 1 unspecified atom stereocenters. The molecule has 0 aromatic heterocycles. The van der Waals surface area contributed by atoms with Crippen LogP contribution in [0.5, 0.6) is 5.75 Å². The number of ether oxygens (including phenoxy) is 2. The molecule has 0 fully saturated rings. The highest BCUT2D eigenvalue weighted by atomic mass is 19.1. The van der Waals surface area contributed by atoms with E-state index in [1.807, 2.05) is 13.8 Å². The van der Waals surface area contributed by atoms with Crippen LogP contribution in [-0.4, -0.2) is 45.4 Å². The van der Waals surface area contributed by atoms with Crippen molar-refractivity contribution in [3.63, 3.8) is 0 Å². The summed E-state index contributed by atoms with van der Waals surface area (Å²) < 4.78 is 24.1. The Morgan fingerprint density at radius 3 is 2.83 bits per heavy atom. The minimum Gasteiger partial charge on any atom is -0.489 e. The third kappa shape index (κ3) is 9.03. The van der Waals surface area contributed by atoms with Crippen molar-refractivity contribution in [2.45, 2.75) is 32.8 Å². The third-order valence-electron chi connectivity index (χ3n) is 3.13. The molecule has 2 N–H and O–H groups in total. The fraction of sp³-hybridized carbons (Fsp3) is 0.588. The van der Waals surface area contributed by atoms with Gasteiger partial charge in [0.05, 0.1) is 6.54 Å². The van der Waals surface area contributed by atoms with E-state index in [9.17, 15) is 4.39 Å². The highest BCUT2D eigenvalue weighted by molar-refractivity contribution is 5.79. The lowest BCUT2D eigenvalue weighted by Gasteiger charge is -2.17. The highest BCUT2D eigenvalue weighted by Gasteiger charge is 2.06. The zero-order valence-electron chi connectivity index (χ0n) is 14.3. The number of unbranched alkanes of at least 4 members (excludes halogenated alkanes) is 1. The topological polar surface area (TPSA) is 54.9 Å². The average Bonchev–Trinajstić information content (AvgIpc) is 2.53. The molecule has 5 nitrogen and oxygen atoms in total. The first-order valence-corrected chi connectivity index (χ1v) is 8.10. The van der Waals surface area contributed by atoms with Gasteiger partial charge in [-0.2, -0.15) is 0 Å². The second-order valence-corrected chi connectivity index (χ2v) is 5.17. The van der Waals surface area contributed by atoms with Crippen LogP contribution in [0.25, 0.3) is 0 Å². The third-order valence-corrected chi connectivity index (χ3v) is 3.13. The Labute approximate surface area is 138 Å². The summed E-state index contributed by atoms with van der Waals surface area (Å²) in [7, 11) is 1.73. The summed E-state index contributed by atoms with van der Waals surface area (Å²) in [6, 6.07) is 6.15. The molecule has 0 heterocycles. The van der Waals surface area contributed by atoms with Crippen LogP contribution in [0.2, 0.25) is 0 Å². The van der Waals surface area contributed by atoms with E-state index in [0.29, 0.717) is 12.3 Å². The number of nitrogens with zero attached hydrogens (tertiary/aromatic N) is 1. The van der Waals surface area contributed by atoms with Crippen molar-refractivity contribution in [2.24, 2.45) is 4.99 Å². The summed E-state index contributed by atoms with van der Waals surface area (Å²) >= 11 is 0. The molecule has 1 atom stereocenters. The van der Waals surface area contributed by atoms with Gasteiger partial charge in [0.2, 0.25) is 0 Å². The molecule has 23 heavy (non-hydrogen) atoms. The number of rotatable bonds is 10. The molecule has 6 heteroatoms. The Kier molecular flexibility index (Phi) is 9.79. The molecular weight excluding hydrogens is 297 g/mol. The van der Waals surface area contributed by atoms with Gasteiger partial charge in [0.25, 0.3) is 0 Å². The van der Waals surface area contributed by atoms with Gasteiger partial charge >= 0.3 is 0 Å². The van der Waals surface area contributed by atoms with Gasteiger partial charge in [0.1, 0.15) is 17.7 Å². The lowest BCUT2D eigenvalue weighted by atomic mass is 10.3. The van der Waals surface area contributed by atoms with E-state index < -0.39 is 0 Å². The first-order valence-electron chi connectivity index (χ1n) is 8.10. The number of guanidine groups is 1. The maximum atomic E-state index is 13.1. The first kappa shape index (κ1) is 19.2. The van der Waals surface area contributed by atoms with Crippen molar-refractivity contribution in [1.82, 2.24) is 10.6 Å². The summed E-state index contributed by atoms with van der Waals surface area (Å²) in [5.41, 5.74) is 0. The smallest absolute Gasteiger partial charge is 0.191 e. The standard InChI is InChI=1S/C17H28FN3O2/c1-4-22-11-6-5-10-20-17(19-3)21-13-14(2)23-16-9-7-8-15(18)12-16/h7-9,12,14H,4-6,10-11,13H2,1-3H3,(H2,19,20,21). The zero-order chi connectivity index (χ0) is 16.9. The number of nitrogens with one attached hydrogen (secondary N) is 2. The van der Waals surface area contributed by atoms with Crippen molar-refractivity contribution >= 4 is 5.96 Å². The van der Waals surface area contributed by atoms with E-state index in [-0.39, 0.29) is 11.9 Å². The molecule has 0 aliphatic heterocycles. The molecule has 0 spiro atoms. The van der Waals surface area contributed by atoms with Crippen LogP contribution in [-0.2, 0) is 4.74 Å². The summed E-state index contributed by atoms with van der Waals surface area (Å²) in [6.07, 6.45) is 1.95. The Bertz CT molecular complexity index is 469. The largest absolute Gasteiger partial charge is 0.489 e. The van der Waals surface area contributed by atoms with Gasteiger partial charge in [-0.05, 0) is 38.8 Å². The van der Waals surface area contributed by atoms with Crippen LogP contribution in [0.4, 0.5) is 4.39 Å². The molecule has 0 amide bonds. The minimum absolute atomic E-state index is 0.103. The number of aliphatic imine (C=N–C) groups is 1. The van der Waals surface area contributed by atoms with E-state index in [1.165, 1.54) is 12.1 Å². The van der Waals surface area contributed by atoms with Crippen molar-refractivity contribution in [1.29, 1.82) is 0 Å². The van der Waals surface area contributed by atoms with E-state index in [0.717, 1.165) is 38.6 Å². The van der Waals surface area contributed by atoms with E-state index in [2.05, 4.69) is 15.6 Å². The van der Waals surface area contributed by atoms with Crippen molar-refractivity contribution in [3.8, 4) is 5.75 Å². The maximum absolute atomic E-state index is 13.1. The Balaban J connectivity index is 2.20. The summed E-state index contributed by atoms with van der Waals surface area (Å²) in [6.45, 7) is 6.90. The quantitative estimate of drug-likeness (QED) is 0.394. The molecule has 1 rings (SSSR count). The lowest BCUT2D eigenvalue weighted by molar-refractivity contribution is 0.143. The molecule has 0 bridgehead atoms. The van der Waals surface area contributed by atoms with Crippen LogP contribution in [0, 0.1) is 5.82 Å². The SMILES string of the molecule is CCOCCCCNC(=NC)NCC(C)Oc1cccc(F)c1. The Morgan fingerprint density at radius 1 is 1.30 bits per heavy atom. The molecular formula is C17H28FN3O2. The average molecular weight is 325 g/mol. The normalized spacial score (nSPS) is 12.8. The fourth-order valence-corrected chi connectivity index (χ4v) is 1.96. The second-order valence-electron chi connectivity index (χ2n) is 5.17. The van der Waals surface area contributed by atoms with E-state index in [4.69, 9.17) is 9.47 Å². The van der Waals surface area contributed by atoms with Crippen molar-refractivity contribution in [3.05, 3.63) is 30.1 Å². The Hall–Kier alpha value is -1.82. The van der Waals surface area contributed by atoms with Gasteiger partial charge in [0.15, 0.2) is 5.96 Å². The first-order chi connectivity index (χ1) is 11.2. The molecule has 0 aliphatic rings. The molecule has 1 aromatic carbocycles. The fourth-order valence-electron chi connectivity index (χ4n) is 1.96. The molecule has 1 aromatic rings. The summed E-state index contributed by atoms with van der Waals surface area (Å²) in [4.78, 5) is 4.16. The predicted octanol–water partition coefficient (Wildman–Crippen LogP) is 2.57. The van der Waals surface area contributed by atoms with Crippen LogP contribution < -0.4 is 15.4 Å².